The molecule has 0 amide bonds. The minimum absolute atomic E-state index is 0.539. The van der Waals surface area contributed by atoms with E-state index in [1.165, 1.54) is 38.5 Å². The molecule has 88 valence electrons. The van der Waals surface area contributed by atoms with Crippen LogP contribution in [0.4, 0.5) is 0 Å². The third-order valence-corrected chi connectivity index (χ3v) is 3.95. The van der Waals surface area contributed by atoms with Gasteiger partial charge >= 0.3 is 0 Å². The molecule has 0 aromatic rings. The minimum atomic E-state index is 0.539. The van der Waals surface area contributed by atoms with Crippen molar-refractivity contribution in [2.75, 3.05) is 6.54 Å². The van der Waals surface area contributed by atoms with Gasteiger partial charge in [0.1, 0.15) is 0 Å². The first-order chi connectivity index (χ1) is 7.23. The standard InChI is InChI=1S/C14H27N/c1-4-6-10-13(15-5-2)14(3)11-8-7-9-12-14/h4,13,15H,1,5-12H2,2-3H3. The Labute approximate surface area is 95.3 Å². The first-order valence-corrected chi connectivity index (χ1v) is 6.57. The van der Waals surface area contributed by atoms with Crippen LogP contribution in [-0.2, 0) is 0 Å². The Morgan fingerprint density at radius 2 is 2.00 bits per heavy atom. The van der Waals surface area contributed by atoms with Crippen LogP contribution < -0.4 is 5.32 Å². The highest BCUT2D eigenvalue weighted by Crippen LogP contribution is 2.40. The average Bonchev–Trinajstić information content (AvgIpc) is 2.25. The fourth-order valence-corrected chi connectivity index (χ4v) is 2.94. The van der Waals surface area contributed by atoms with Crippen LogP contribution in [0, 0.1) is 5.41 Å². The highest BCUT2D eigenvalue weighted by atomic mass is 14.9. The lowest BCUT2D eigenvalue weighted by Gasteiger charge is -2.41. The van der Waals surface area contributed by atoms with Gasteiger partial charge < -0.3 is 5.32 Å². The summed E-state index contributed by atoms with van der Waals surface area (Å²) in [4.78, 5) is 0. The Balaban J connectivity index is 2.54. The van der Waals surface area contributed by atoms with Gasteiger partial charge in [-0.25, -0.2) is 0 Å². The Kier molecular flexibility index (Phi) is 5.38. The predicted octanol–water partition coefficient (Wildman–Crippen LogP) is 3.90. The fourth-order valence-electron chi connectivity index (χ4n) is 2.94. The van der Waals surface area contributed by atoms with Gasteiger partial charge in [-0.2, -0.15) is 0 Å². The molecule has 1 atom stereocenters. The zero-order valence-corrected chi connectivity index (χ0v) is 10.5. The van der Waals surface area contributed by atoms with E-state index < -0.39 is 0 Å². The summed E-state index contributed by atoms with van der Waals surface area (Å²) in [6, 6.07) is 0.695. The van der Waals surface area contributed by atoms with E-state index in [1.54, 1.807) is 0 Å². The average molecular weight is 209 g/mol. The number of allylic oxidation sites excluding steroid dienone is 1. The molecule has 0 aromatic carbocycles. The Bertz CT molecular complexity index is 180. The van der Waals surface area contributed by atoms with E-state index in [0.717, 1.165) is 13.0 Å². The van der Waals surface area contributed by atoms with E-state index in [-0.39, 0.29) is 0 Å². The molecular weight excluding hydrogens is 182 g/mol. The van der Waals surface area contributed by atoms with Gasteiger partial charge in [-0.1, -0.05) is 39.2 Å². The molecule has 1 heteroatoms. The summed E-state index contributed by atoms with van der Waals surface area (Å²) in [5, 5.41) is 3.68. The lowest BCUT2D eigenvalue weighted by Crippen LogP contribution is -2.44. The second-order valence-electron chi connectivity index (χ2n) is 5.19. The van der Waals surface area contributed by atoms with Gasteiger partial charge in [-0.05, 0) is 37.6 Å². The van der Waals surface area contributed by atoms with Crippen LogP contribution in [0.2, 0.25) is 0 Å². The molecular formula is C14H27N. The number of rotatable bonds is 6. The van der Waals surface area contributed by atoms with Crippen molar-refractivity contribution in [3.05, 3.63) is 12.7 Å². The second-order valence-corrected chi connectivity index (χ2v) is 5.19. The maximum Gasteiger partial charge on any atom is 0.0124 e. The van der Waals surface area contributed by atoms with Crippen molar-refractivity contribution in [1.82, 2.24) is 5.32 Å². The first kappa shape index (κ1) is 12.8. The summed E-state index contributed by atoms with van der Waals surface area (Å²) in [5.74, 6) is 0. The molecule has 1 fully saturated rings. The molecule has 0 aliphatic heterocycles. The van der Waals surface area contributed by atoms with Gasteiger partial charge in [-0.3, -0.25) is 0 Å². The zero-order chi connectivity index (χ0) is 11.1. The van der Waals surface area contributed by atoms with Crippen molar-refractivity contribution in [3.8, 4) is 0 Å². The second kappa shape index (κ2) is 6.32. The van der Waals surface area contributed by atoms with E-state index in [2.05, 4.69) is 31.8 Å². The molecule has 1 nitrogen and oxygen atoms in total. The van der Waals surface area contributed by atoms with Crippen LogP contribution in [-0.4, -0.2) is 12.6 Å². The van der Waals surface area contributed by atoms with E-state index in [4.69, 9.17) is 0 Å². The first-order valence-electron chi connectivity index (χ1n) is 6.57. The maximum atomic E-state index is 3.83. The van der Waals surface area contributed by atoms with Crippen molar-refractivity contribution >= 4 is 0 Å². The van der Waals surface area contributed by atoms with Crippen LogP contribution in [0.3, 0.4) is 0 Å². The lowest BCUT2D eigenvalue weighted by molar-refractivity contribution is 0.139. The third-order valence-electron chi connectivity index (χ3n) is 3.95. The molecule has 1 N–H and O–H groups in total. The molecule has 0 heterocycles. The summed E-state index contributed by atoms with van der Waals surface area (Å²) in [6.07, 6.45) is 11.6. The van der Waals surface area contributed by atoms with Crippen LogP contribution >= 0.6 is 0 Å². The molecule has 1 saturated carbocycles. The monoisotopic (exact) mass is 209 g/mol. The summed E-state index contributed by atoms with van der Waals surface area (Å²) in [5.41, 5.74) is 0.539. The summed E-state index contributed by atoms with van der Waals surface area (Å²) >= 11 is 0. The molecule has 0 spiro atoms. The van der Waals surface area contributed by atoms with E-state index in [1.807, 2.05) is 0 Å². The highest BCUT2D eigenvalue weighted by molar-refractivity contribution is 4.91. The smallest absolute Gasteiger partial charge is 0.0124 e. The van der Waals surface area contributed by atoms with E-state index in [9.17, 15) is 0 Å². The molecule has 0 bridgehead atoms. The van der Waals surface area contributed by atoms with E-state index in [0.29, 0.717) is 11.5 Å². The molecule has 1 aliphatic carbocycles. The largest absolute Gasteiger partial charge is 0.314 e. The molecule has 1 unspecified atom stereocenters. The summed E-state index contributed by atoms with van der Waals surface area (Å²) in [6.45, 7) is 9.62. The minimum Gasteiger partial charge on any atom is -0.314 e. The zero-order valence-electron chi connectivity index (χ0n) is 10.5. The predicted molar refractivity (Wildman–Crippen MR) is 68.1 cm³/mol. The fraction of sp³-hybridized carbons (Fsp3) is 0.857. The van der Waals surface area contributed by atoms with Crippen LogP contribution in [0.25, 0.3) is 0 Å². The van der Waals surface area contributed by atoms with Gasteiger partial charge in [0.05, 0.1) is 0 Å². The number of nitrogens with one attached hydrogen (secondary N) is 1. The van der Waals surface area contributed by atoms with Gasteiger partial charge in [0, 0.05) is 6.04 Å². The van der Waals surface area contributed by atoms with Crippen molar-refractivity contribution in [2.45, 2.75) is 64.8 Å². The molecule has 0 aromatic heterocycles. The van der Waals surface area contributed by atoms with Crippen molar-refractivity contribution < 1.29 is 0 Å². The Hall–Kier alpha value is -0.300. The van der Waals surface area contributed by atoms with Crippen molar-refractivity contribution in [1.29, 1.82) is 0 Å². The van der Waals surface area contributed by atoms with Gasteiger partial charge in [0.2, 0.25) is 0 Å². The normalized spacial score (nSPS) is 22.3. The Morgan fingerprint density at radius 3 is 2.53 bits per heavy atom. The van der Waals surface area contributed by atoms with Crippen LogP contribution in [0.5, 0.6) is 0 Å². The number of hydrogen-bond donors (Lipinski definition) is 1. The van der Waals surface area contributed by atoms with E-state index >= 15 is 0 Å². The third kappa shape index (κ3) is 3.64. The molecule has 1 rings (SSSR count). The topological polar surface area (TPSA) is 12.0 Å². The molecule has 0 radical (unpaired) electrons. The van der Waals surface area contributed by atoms with Gasteiger partial charge in [-0.15, -0.1) is 6.58 Å². The maximum absolute atomic E-state index is 3.83. The van der Waals surface area contributed by atoms with Gasteiger partial charge in [0.25, 0.3) is 0 Å². The lowest BCUT2D eigenvalue weighted by atomic mass is 9.69. The molecule has 0 saturated heterocycles. The summed E-state index contributed by atoms with van der Waals surface area (Å²) in [7, 11) is 0. The van der Waals surface area contributed by atoms with Gasteiger partial charge in [0.15, 0.2) is 0 Å². The summed E-state index contributed by atoms with van der Waals surface area (Å²) < 4.78 is 0. The quantitative estimate of drug-likeness (QED) is 0.654. The van der Waals surface area contributed by atoms with Crippen molar-refractivity contribution in [2.24, 2.45) is 5.41 Å². The van der Waals surface area contributed by atoms with Crippen LogP contribution in [0.1, 0.15) is 58.8 Å². The molecule has 1 aliphatic rings. The molecule has 15 heavy (non-hydrogen) atoms. The number of hydrogen-bond acceptors (Lipinski definition) is 1. The SMILES string of the molecule is C=CCCC(NCC)C1(C)CCCCC1. The highest BCUT2D eigenvalue weighted by Gasteiger charge is 2.34. The van der Waals surface area contributed by atoms with Crippen molar-refractivity contribution in [3.63, 3.8) is 0 Å². The Morgan fingerprint density at radius 1 is 1.33 bits per heavy atom. The van der Waals surface area contributed by atoms with Crippen LogP contribution in [0.15, 0.2) is 12.7 Å².